The number of benzene rings is 8. The van der Waals surface area contributed by atoms with Crippen LogP contribution in [0.15, 0.2) is 219 Å². The van der Waals surface area contributed by atoms with Gasteiger partial charge in [0.2, 0.25) is 0 Å². The minimum absolute atomic E-state index is 0.862. The Labute approximate surface area is 326 Å². The normalized spacial score (nSPS) is 12.1. The van der Waals surface area contributed by atoms with Gasteiger partial charge in [0.1, 0.15) is 0 Å². The lowest BCUT2D eigenvalue weighted by Crippen LogP contribution is -2.14. The molecule has 10 rings (SSSR count). The fourth-order valence-corrected chi connectivity index (χ4v) is 8.44. The second-order valence-corrected chi connectivity index (χ2v) is 14.2. The van der Waals surface area contributed by atoms with Gasteiger partial charge in [-0.3, -0.25) is 0 Å². The van der Waals surface area contributed by atoms with Gasteiger partial charge in [-0.2, -0.15) is 0 Å². The summed E-state index contributed by atoms with van der Waals surface area (Å²) in [4.78, 5) is 2.29. The fraction of sp³-hybridized carbons (Fsp3) is 0.0189. The summed E-state index contributed by atoms with van der Waals surface area (Å²) in [7, 11) is 0. The van der Waals surface area contributed by atoms with Gasteiger partial charge in [-0.05, 0) is 90.2 Å². The van der Waals surface area contributed by atoms with Crippen LogP contribution in [0.5, 0.6) is 0 Å². The molecule has 0 saturated carbocycles. The number of rotatable bonds is 8. The summed E-state index contributed by atoms with van der Waals surface area (Å²) in [5.41, 5.74) is 12.3. The molecule has 0 bridgehead atoms. The maximum atomic E-state index is 4.72. The van der Waals surface area contributed by atoms with E-state index in [0.717, 1.165) is 44.9 Å². The van der Waals surface area contributed by atoms with Crippen molar-refractivity contribution in [1.29, 1.82) is 0 Å². The predicted octanol–water partition coefficient (Wildman–Crippen LogP) is 14.3. The number of anilines is 2. The molecule has 0 aliphatic rings. The van der Waals surface area contributed by atoms with Crippen molar-refractivity contribution >= 4 is 71.3 Å². The molecule has 8 aromatic carbocycles. The topological polar surface area (TPSA) is 13.1 Å². The van der Waals surface area contributed by atoms with Crippen LogP contribution in [0.3, 0.4) is 0 Å². The molecule has 0 unspecified atom stereocenters. The predicted molar refractivity (Wildman–Crippen MR) is 240 cm³/mol. The van der Waals surface area contributed by atoms with Crippen LogP contribution in [0.4, 0.5) is 11.4 Å². The zero-order valence-electron chi connectivity index (χ0n) is 31.2. The number of nitrogens with zero attached hydrogens (tertiary/aromatic N) is 3. The van der Waals surface area contributed by atoms with Gasteiger partial charge >= 0.3 is 0 Å². The minimum Gasteiger partial charge on any atom is -0.311 e. The molecule has 56 heavy (non-hydrogen) atoms. The lowest BCUT2D eigenvalue weighted by molar-refractivity contribution is 1.17. The molecule has 0 spiro atoms. The third-order valence-electron chi connectivity index (χ3n) is 11.0. The second-order valence-electron chi connectivity index (χ2n) is 14.2. The molecule has 3 heteroatoms. The first-order chi connectivity index (χ1) is 27.7. The number of fused-ring (bicyclic) bond motifs is 8. The molecule has 0 amide bonds. The Kier molecular flexibility index (Phi) is 8.19. The van der Waals surface area contributed by atoms with E-state index in [9.17, 15) is 0 Å². The van der Waals surface area contributed by atoms with E-state index >= 15 is 0 Å². The van der Waals surface area contributed by atoms with Crippen LogP contribution in [0.1, 0.15) is 12.5 Å². The molecule has 0 atom stereocenters. The maximum Gasteiger partial charge on any atom is 0.0619 e. The highest BCUT2D eigenvalue weighted by atomic mass is 15.1. The summed E-state index contributed by atoms with van der Waals surface area (Å²) >= 11 is 0. The summed E-state index contributed by atoms with van der Waals surface area (Å²) in [6, 6.07) is 67.4. The maximum absolute atomic E-state index is 4.72. The van der Waals surface area contributed by atoms with E-state index in [2.05, 4.69) is 227 Å². The van der Waals surface area contributed by atoms with E-state index in [4.69, 9.17) is 6.58 Å². The quantitative estimate of drug-likeness (QED) is 0.143. The first-order valence-electron chi connectivity index (χ1n) is 19.2. The Morgan fingerprint density at radius 2 is 0.982 bits per heavy atom. The molecule has 0 N–H and O–H groups in total. The molecule has 0 saturated heterocycles. The lowest BCUT2D eigenvalue weighted by Gasteiger charge is -2.26. The fourth-order valence-electron chi connectivity index (χ4n) is 8.44. The number of aromatic nitrogens is 2. The summed E-state index contributed by atoms with van der Waals surface area (Å²) in [5, 5.41) is 7.30. The van der Waals surface area contributed by atoms with Crippen molar-refractivity contribution in [3.63, 3.8) is 0 Å². The van der Waals surface area contributed by atoms with E-state index in [0.29, 0.717) is 0 Å². The summed E-state index contributed by atoms with van der Waals surface area (Å²) in [6.07, 6.45) is 6.47. The first-order valence-corrected chi connectivity index (χ1v) is 19.2. The summed E-state index contributed by atoms with van der Waals surface area (Å²) in [6.45, 7) is 6.81. The largest absolute Gasteiger partial charge is 0.311 e. The highest BCUT2D eigenvalue weighted by Gasteiger charge is 2.20. The van der Waals surface area contributed by atoms with Crippen LogP contribution in [-0.4, -0.2) is 9.13 Å². The molecule has 0 aliphatic heterocycles. The molecule has 10 aromatic rings. The van der Waals surface area contributed by atoms with Gasteiger partial charge in [-0.25, -0.2) is 0 Å². The molecule has 2 heterocycles. The van der Waals surface area contributed by atoms with E-state index in [1.54, 1.807) is 0 Å². The van der Waals surface area contributed by atoms with Crippen molar-refractivity contribution in [2.75, 3.05) is 4.90 Å². The third kappa shape index (κ3) is 5.52. The molecule has 0 fully saturated rings. The van der Waals surface area contributed by atoms with E-state index in [1.807, 2.05) is 0 Å². The van der Waals surface area contributed by atoms with Crippen LogP contribution in [0, 0.1) is 0 Å². The van der Waals surface area contributed by atoms with Crippen LogP contribution >= 0.6 is 0 Å². The van der Waals surface area contributed by atoms with E-state index in [-0.39, 0.29) is 0 Å². The number of hydrogen-bond acceptors (Lipinski definition) is 1. The van der Waals surface area contributed by atoms with Crippen LogP contribution in [0.25, 0.3) is 71.3 Å². The Morgan fingerprint density at radius 3 is 1.66 bits per heavy atom. The Bertz CT molecular complexity index is 3140. The highest BCUT2D eigenvalue weighted by Crippen LogP contribution is 2.41. The van der Waals surface area contributed by atoms with Crippen molar-refractivity contribution in [2.24, 2.45) is 0 Å². The van der Waals surface area contributed by atoms with Crippen molar-refractivity contribution in [1.82, 2.24) is 9.13 Å². The number of para-hydroxylation sites is 4. The second kappa shape index (κ2) is 13.8. The molecular weight excluding hydrogens is 679 g/mol. The summed E-state index contributed by atoms with van der Waals surface area (Å²) < 4.78 is 4.78. The monoisotopic (exact) mass is 717 g/mol. The zero-order valence-corrected chi connectivity index (χ0v) is 31.2. The molecule has 2 aromatic heterocycles. The Hall–Kier alpha value is -7.36. The van der Waals surface area contributed by atoms with Gasteiger partial charge in [-0.1, -0.05) is 146 Å². The van der Waals surface area contributed by atoms with E-state index < -0.39 is 0 Å². The van der Waals surface area contributed by atoms with Crippen molar-refractivity contribution in [2.45, 2.75) is 6.92 Å². The standard InChI is InChI=1S/C53H39N3/c1-3-38(39-17-7-4-8-18-39)28-27-37(2)54(44-31-34-48-46-23-13-15-25-50(46)55(52(48)36-44)41-19-9-5-10-20-41)43-30-33-45-40(35-43)29-32-49-47-24-14-16-26-51(47)56(53(45)49)42-21-11-6-12-22-42/h3-36H,2H2,1H3/b28-27-,38-3+. The molecular formula is C53H39N3. The Morgan fingerprint density at radius 1 is 0.464 bits per heavy atom. The third-order valence-corrected chi connectivity index (χ3v) is 11.0. The first kappa shape index (κ1) is 33.2. The minimum atomic E-state index is 0.862. The highest BCUT2D eigenvalue weighted by molar-refractivity contribution is 6.19. The molecule has 266 valence electrons. The van der Waals surface area contributed by atoms with Gasteiger partial charge in [0.25, 0.3) is 0 Å². The average molecular weight is 718 g/mol. The number of allylic oxidation sites excluding steroid dienone is 4. The Balaban J connectivity index is 1.18. The molecule has 3 nitrogen and oxygen atoms in total. The van der Waals surface area contributed by atoms with Gasteiger partial charge < -0.3 is 14.0 Å². The van der Waals surface area contributed by atoms with Gasteiger partial charge in [-0.15, -0.1) is 0 Å². The van der Waals surface area contributed by atoms with Crippen LogP contribution < -0.4 is 4.90 Å². The van der Waals surface area contributed by atoms with Crippen LogP contribution in [0.2, 0.25) is 0 Å². The van der Waals surface area contributed by atoms with E-state index in [1.165, 1.54) is 49.0 Å². The van der Waals surface area contributed by atoms with Gasteiger partial charge in [0, 0.05) is 55.4 Å². The smallest absolute Gasteiger partial charge is 0.0619 e. The van der Waals surface area contributed by atoms with Gasteiger partial charge in [0.15, 0.2) is 0 Å². The van der Waals surface area contributed by atoms with Crippen LogP contribution in [-0.2, 0) is 0 Å². The molecule has 0 aliphatic carbocycles. The van der Waals surface area contributed by atoms with Crippen molar-refractivity contribution in [3.05, 3.63) is 224 Å². The molecule has 0 radical (unpaired) electrons. The zero-order chi connectivity index (χ0) is 37.6. The lowest BCUT2D eigenvalue weighted by atomic mass is 10.0. The van der Waals surface area contributed by atoms with Crippen molar-refractivity contribution in [3.8, 4) is 11.4 Å². The average Bonchev–Trinajstić information content (AvgIpc) is 3.78. The summed E-state index contributed by atoms with van der Waals surface area (Å²) in [5.74, 6) is 0. The number of hydrogen-bond donors (Lipinski definition) is 0. The van der Waals surface area contributed by atoms with Crippen molar-refractivity contribution < 1.29 is 0 Å². The SMILES string of the molecule is C=C(/C=C\C(=C/C)c1ccccc1)N(c1ccc2c(ccc3c4ccccc4n(-c4ccccc4)c23)c1)c1ccc2c3ccccc3n(-c3ccccc3)c2c1. The van der Waals surface area contributed by atoms with Gasteiger partial charge in [0.05, 0.1) is 22.1 Å².